The summed E-state index contributed by atoms with van der Waals surface area (Å²) in [5.41, 5.74) is 12.9. The molecule has 2 aromatic rings. The molecule has 0 spiro atoms. The summed E-state index contributed by atoms with van der Waals surface area (Å²) in [5.74, 6) is 1.39. The molecule has 1 saturated heterocycles. The average molecular weight is 375 g/mol. The lowest BCUT2D eigenvalue weighted by Gasteiger charge is -2.32. The fourth-order valence-electron chi connectivity index (χ4n) is 2.87. The van der Waals surface area contributed by atoms with Gasteiger partial charge in [0.25, 0.3) is 0 Å². The van der Waals surface area contributed by atoms with E-state index in [-0.39, 0.29) is 18.1 Å². The van der Waals surface area contributed by atoms with Crippen LogP contribution < -0.4 is 21.1 Å². The molecular formula is C17H25N7O3. The SMILES string of the molecule is CO.Nc1ncc(-c2cc(OC3CC(N)C3)nc(N3CCOCC3)n2)cn1. The Morgan fingerprint density at radius 3 is 2.44 bits per heavy atom. The van der Waals surface area contributed by atoms with Crippen molar-refractivity contribution in [3.05, 3.63) is 18.5 Å². The minimum absolute atomic E-state index is 0.109. The maximum absolute atomic E-state index is 7.00. The van der Waals surface area contributed by atoms with Gasteiger partial charge in [-0.1, -0.05) is 0 Å². The molecule has 10 heteroatoms. The summed E-state index contributed by atoms with van der Waals surface area (Å²) < 4.78 is 11.4. The standard InChI is InChI=1S/C16H21N7O2.CH4O/c17-11-5-12(6-11)25-14-7-13(10-8-19-15(18)20-9-10)21-16(22-14)23-1-3-24-4-2-23;1-2/h7-9,11-12H,1-6,17H2,(H2,18,19,20);2H,1H3. The van der Waals surface area contributed by atoms with E-state index in [0.29, 0.717) is 30.7 Å². The average Bonchev–Trinajstić information content (AvgIpc) is 2.69. The van der Waals surface area contributed by atoms with E-state index in [4.69, 9.17) is 26.0 Å². The minimum Gasteiger partial charge on any atom is -0.474 e. The third-order valence-electron chi connectivity index (χ3n) is 4.37. The van der Waals surface area contributed by atoms with E-state index in [9.17, 15) is 0 Å². The number of rotatable bonds is 4. The second kappa shape index (κ2) is 8.89. The number of nitrogens with two attached hydrogens (primary N) is 2. The molecule has 2 fully saturated rings. The van der Waals surface area contributed by atoms with Crippen LogP contribution in [0, 0.1) is 0 Å². The van der Waals surface area contributed by atoms with Crippen molar-refractivity contribution in [2.75, 3.05) is 44.0 Å². The maximum Gasteiger partial charge on any atom is 0.229 e. The molecule has 0 aromatic carbocycles. The first-order valence-corrected chi connectivity index (χ1v) is 8.84. The van der Waals surface area contributed by atoms with Crippen LogP contribution in [0.5, 0.6) is 5.88 Å². The highest BCUT2D eigenvalue weighted by atomic mass is 16.5. The van der Waals surface area contributed by atoms with Gasteiger partial charge < -0.3 is 30.9 Å². The highest BCUT2D eigenvalue weighted by molar-refractivity contribution is 5.60. The molecule has 27 heavy (non-hydrogen) atoms. The molecule has 3 heterocycles. The van der Waals surface area contributed by atoms with Crippen molar-refractivity contribution in [3.63, 3.8) is 0 Å². The van der Waals surface area contributed by atoms with E-state index in [1.165, 1.54) is 0 Å². The number of nitrogen functional groups attached to an aromatic ring is 1. The summed E-state index contributed by atoms with van der Waals surface area (Å²) >= 11 is 0. The number of ether oxygens (including phenoxy) is 2. The quantitative estimate of drug-likeness (QED) is 0.658. The van der Waals surface area contributed by atoms with E-state index < -0.39 is 0 Å². The van der Waals surface area contributed by atoms with Crippen LogP contribution in [-0.4, -0.2) is 70.6 Å². The molecule has 2 aliphatic rings. The summed E-state index contributed by atoms with van der Waals surface area (Å²) in [5, 5.41) is 7.00. The molecule has 2 aromatic heterocycles. The van der Waals surface area contributed by atoms with Crippen molar-refractivity contribution >= 4 is 11.9 Å². The fraction of sp³-hybridized carbons (Fsp3) is 0.529. The Labute approximate surface area is 157 Å². The fourth-order valence-corrected chi connectivity index (χ4v) is 2.87. The summed E-state index contributed by atoms with van der Waals surface area (Å²) in [6.45, 7) is 2.81. The van der Waals surface area contributed by atoms with Gasteiger partial charge in [0.05, 0.1) is 18.9 Å². The second-order valence-corrected chi connectivity index (χ2v) is 6.29. The van der Waals surface area contributed by atoms with Crippen LogP contribution >= 0.6 is 0 Å². The molecular weight excluding hydrogens is 350 g/mol. The summed E-state index contributed by atoms with van der Waals surface area (Å²) in [4.78, 5) is 19.4. The number of aromatic nitrogens is 4. The van der Waals surface area contributed by atoms with E-state index in [2.05, 4.69) is 24.8 Å². The van der Waals surface area contributed by atoms with E-state index in [0.717, 1.165) is 38.6 Å². The number of hydrogen-bond donors (Lipinski definition) is 3. The van der Waals surface area contributed by atoms with Gasteiger partial charge in [-0.2, -0.15) is 4.98 Å². The largest absolute Gasteiger partial charge is 0.474 e. The first kappa shape index (κ1) is 19.2. The molecule has 1 aliphatic heterocycles. The van der Waals surface area contributed by atoms with Crippen LogP contribution in [0.15, 0.2) is 18.5 Å². The van der Waals surface area contributed by atoms with Crippen LogP contribution in [0.25, 0.3) is 11.3 Å². The summed E-state index contributed by atoms with van der Waals surface area (Å²) in [6.07, 6.45) is 5.10. The lowest BCUT2D eigenvalue weighted by molar-refractivity contribution is 0.0954. The second-order valence-electron chi connectivity index (χ2n) is 6.29. The summed E-state index contributed by atoms with van der Waals surface area (Å²) in [6, 6.07) is 2.03. The third-order valence-corrected chi connectivity index (χ3v) is 4.37. The number of aliphatic hydroxyl groups is 1. The Balaban J connectivity index is 0.00000102. The molecule has 0 radical (unpaired) electrons. The van der Waals surface area contributed by atoms with Crippen molar-refractivity contribution in [2.24, 2.45) is 5.73 Å². The van der Waals surface area contributed by atoms with E-state index in [1.807, 2.05) is 6.07 Å². The molecule has 1 aliphatic carbocycles. The van der Waals surface area contributed by atoms with Gasteiger partial charge in [-0.15, -0.1) is 0 Å². The zero-order chi connectivity index (χ0) is 19.2. The van der Waals surface area contributed by atoms with Crippen LogP contribution in [0.4, 0.5) is 11.9 Å². The van der Waals surface area contributed by atoms with Crippen molar-refractivity contribution in [2.45, 2.75) is 25.0 Å². The normalized spacial score (nSPS) is 21.7. The van der Waals surface area contributed by atoms with Gasteiger partial charge in [0.15, 0.2) is 0 Å². The highest BCUT2D eigenvalue weighted by Crippen LogP contribution is 2.28. The molecule has 0 amide bonds. The minimum atomic E-state index is 0.109. The molecule has 0 bridgehead atoms. The lowest BCUT2D eigenvalue weighted by atomic mass is 9.90. The van der Waals surface area contributed by atoms with Gasteiger partial charge in [0.2, 0.25) is 17.8 Å². The number of aliphatic hydroxyl groups excluding tert-OH is 1. The molecule has 4 rings (SSSR count). The Hall–Kier alpha value is -2.56. The third kappa shape index (κ3) is 4.79. The van der Waals surface area contributed by atoms with Crippen molar-refractivity contribution in [1.82, 2.24) is 19.9 Å². The van der Waals surface area contributed by atoms with Gasteiger partial charge in [0.1, 0.15) is 6.10 Å². The van der Waals surface area contributed by atoms with Gasteiger partial charge >= 0.3 is 0 Å². The first-order valence-electron chi connectivity index (χ1n) is 8.84. The number of nitrogens with zero attached hydrogens (tertiary/aromatic N) is 5. The number of morpholine rings is 1. The topological polar surface area (TPSA) is 146 Å². The Morgan fingerprint density at radius 1 is 1.15 bits per heavy atom. The molecule has 5 N–H and O–H groups in total. The Kier molecular flexibility index (Phi) is 6.32. The number of anilines is 2. The Bertz CT molecular complexity index is 732. The van der Waals surface area contributed by atoms with Gasteiger partial charge in [-0.3, -0.25) is 0 Å². The van der Waals surface area contributed by atoms with Crippen LogP contribution in [0.1, 0.15) is 12.8 Å². The van der Waals surface area contributed by atoms with Crippen LogP contribution in [-0.2, 0) is 4.74 Å². The monoisotopic (exact) mass is 375 g/mol. The molecule has 0 atom stereocenters. The van der Waals surface area contributed by atoms with Crippen LogP contribution in [0.2, 0.25) is 0 Å². The predicted molar refractivity (Wildman–Crippen MR) is 100 cm³/mol. The summed E-state index contributed by atoms with van der Waals surface area (Å²) in [7, 11) is 1.00. The van der Waals surface area contributed by atoms with E-state index >= 15 is 0 Å². The zero-order valence-electron chi connectivity index (χ0n) is 15.3. The molecule has 146 valence electrons. The van der Waals surface area contributed by atoms with Crippen molar-refractivity contribution in [3.8, 4) is 17.1 Å². The zero-order valence-corrected chi connectivity index (χ0v) is 15.3. The molecule has 10 nitrogen and oxygen atoms in total. The van der Waals surface area contributed by atoms with Crippen LogP contribution in [0.3, 0.4) is 0 Å². The Morgan fingerprint density at radius 2 is 1.81 bits per heavy atom. The van der Waals surface area contributed by atoms with Gasteiger partial charge in [0, 0.05) is 50.3 Å². The maximum atomic E-state index is 7.00. The van der Waals surface area contributed by atoms with Gasteiger partial charge in [-0.25, -0.2) is 15.0 Å². The molecule has 1 saturated carbocycles. The van der Waals surface area contributed by atoms with E-state index in [1.54, 1.807) is 12.4 Å². The highest BCUT2D eigenvalue weighted by Gasteiger charge is 2.28. The predicted octanol–water partition coefficient (Wildman–Crippen LogP) is -0.171. The number of hydrogen-bond acceptors (Lipinski definition) is 10. The van der Waals surface area contributed by atoms with Crippen molar-refractivity contribution in [1.29, 1.82) is 0 Å². The smallest absolute Gasteiger partial charge is 0.229 e. The van der Waals surface area contributed by atoms with Gasteiger partial charge in [-0.05, 0) is 12.8 Å². The van der Waals surface area contributed by atoms with Crippen molar-refractivity contribution < 1.29 is 14.6 Å². The lowest BCUT2D eigenvalue weighted by Crippen LogP contribution is -2.43. The molecule has 0 unspecified atom stereocenters. The first-order chi connectivity index (χ1) is 13.2.